The fourth-order valence-electron chi connectivity index (χ4n) is 3.21. The van der Waals surface area contributed by atoms with E-state index < -0.39 is 0 Å². The number of hydrogen-bond donors (Lipinski definition) is 2. The molecule has 6 nitrogen and oxygen atoms in total. The third-order valence-corrected chi connectivity index (χ3v) is 6.38. The number of carbonyl (C=O) groups excluding carboxylic acids is 1. The van der Waals surface area contributed by atoms with Crippen LogP contribution < -0.4 is 10.6 Å². The summed E-state index contributed by atoms with van der Waals surface area (Å²) in [4.78, 5) is 21.5. The molecular formula is C21H28N4O2S. The molecule has 0 radical (unpaired) electrons. The second-order valence-corrected chi connectivity index (χ2v) is 8.16. The first-order valence-electron chi connectivity index (χ1n) is 9.66. The van der Waals surface area contributed by atoms with E-state index in [0.29, 0.717) is 17.2 Å². The molecule has 1 aliphatic rings. The highest BCUT2D eigenvalue weighted by Gasteiger charge is 2.44. The zero-order valence-electron chi connectivity index (χ0n) is 16.9. The molecule has 0 amide bonds. The maximum atomic E-state index is 12.0. The Balaban J connectivity index is 1.61. The predicted octanol–water partition coefficient (Wildman–Crippen LogP) is 3.59. The van der Waals surface area contributed by atoms with Gasteiger partial charge in [-0.05, 0) is 39.2 Å². The number of esters is 1. The number of aromatic nitrogens is 1. The fourth-order valence-corrected chi connectivity index (χ4v) is 4.18. The standard InChI is InChI=1S/C21H28N4O2S/c1-5-27-19(26)17-14(2)24-18(28-17)15(3)25-20(22-4)23-13-21(11-12-21)16-9-7-6-8-10-16/h6-10,15H,5,11-13H2,1-4H3,(H2,22,23,25). The van der Waals surface area contributed by atoms with Crippen molar-refractivity contribution >= 4 is 23.3 Å². The SMILES string of the molecule is CCOC(=O)c1sc(C(C)NC(=NC)NCC2(c3ccccc3)CC2)nc1C. The smallest absolute Gasteiger partial charge is 0.350 e. The monoisotopic (exact) mass is 400 g/mol. The van der Waals surface area contributed by atoms with Gasteiger partial charge in [0.2, 0.25) is 0 Å². The summed E-state index contributed by atoms with van der Waals surface area (Å²) >= 11 is 1.37. The van der Waals surface area contributed by atoms with E-state index in [1.807, 2.05) is 13.8 Å². The van der Waals surface area contributed by atoms with Crippen molar-refractivity contribution in [2.75, 3.05) is 20.2 Å². The highest BCUT2D eigenvalue weighted by Crippen LogP contribution is 2.47. The van der Waals surface area contributed by atoms with E-state index in [0.717, 1.165) is 17.5 Å². The van der Waals surface area contributed by atoms with Crippen molar-refractivity contribution < 1.29 is 9.53 Å². The van der Waals surface area contributed by atoms with Crippen molar-refractivity contribution in [3.8, 4) is 0 Å². The number of aliphatic imine (C=N–C) groups is 1. The number of carbonyl (C=O) groups is 1. The molecule has 1 heterocycles. The lowest BCUT2D eigenvalue weighted by molar-refractivity contribution is 0.0531. The van der Waals surface area contributed by atoms with Gasteiger partial charge in [-0.3, -0.25) is 4.99 Å². The van der Waals surface area contributed by atoms with Crippen LogP contribution in [0.1, 0.15) is 58.7 Å². The van der Waals surface area contributed by atoms with Crippen LogP contribution in [0.15, 0.2) is 35.3 Å². The van der Waals surface area contributed by atoms with Crippen molar-refractivity contribution in [3.63, 3.8) is 0 Å². The van der Waals surface area contributed by atoms with Gasteiger partial charge in [-0.25, -0.2) is 9.78 Å². The van der Waals surface area contributed by atoms with Gasteiger partial charge < -0.3 is 15.4 Å². The Hall–Kier alpha value is -2.41. The van der Waals surface area contributed by atoms with Crippen LogP contribution >= 0.6 is 11.3 Å². The van der Waals surface area contributed by atoms with Crippen LogP contribution in [0.5, 0.6) is 0 Å². The summed E-state index contributed by atoms with van der Waals surface area (Å²) in [5, 5.41) is 7.68. The highest BCUT2D eigenvalue weighted by atomic mass is 32.1. The van der Waals surface area contributed by atoms with Gasteiger partial charge in [0.05, 0.1) is 18.3 Å². The minimum Gasteiger partial charge on any atom is -0.462 e. The molecule has 1 aliphatic carbocycles. The van der Waals surface area contributed by atoms with E-state index in [9.17, 15) is 4.79 Å². The molecule has 1 aromatic heterocycles. The Labute approximate surface area is 170 Å². The molecule has 3 rings (SSSR count). The molecular weight excluding hydrogens is 372 g/mol. The Morgan fingerprint density at radius 1 is 1.36 bits per heavy atom. The lowest BCUT2D eigenvalue weighted by Crippen LogP contribution is -2.42. The first-order valence-corrected chi connectivity index (χ1v) is 10.5. The summed E-state index contributed by atoms with van der Waals surface area (Å²) in [6.07, 6.45) is 2.37. The number of nitrogens with zero attached hydrogens (tertiary/aromatic N) is 2. The van der Waals surface area contributed by atoms with Crippen LogP contribution in [0.2, 0.25) is 0 Å². The number of ether oxygens (including phenoxy) is 1. The number of guanidine groups is 1. The van der Waals surface area contributed by atoms with Gasteiger partial charge in [0.15, 0.2) is 5.96 Å². The van der Waals surface area contributed by atoms with Crippen molar-refractivity contribution in [3.05, 3.63) is 51.5 Å². The Bertz CT molecular complexity index is 843. The normalized spacial score (nSPS) is 16.4. The van der Waals surface area contributed by atoms with Crippen LogP contribution in [-0.2, 0) is 10.2 Å². The summed E-state index contributed by atoms with van der Waals surface area (Å²) in [5.41, 5.74) is 2.29. The summed E-state index contributed by atoms with van der Waals surface area (Å²) in [5.74, 6) is 0.428. The molecule has 0 bridgehead atoms. The summed E-state index contributed by atoms with van der Waals surface area (Å²) in [6, 6.07) is 10.6. The molecule has 7 heteroatoms. The maximum Gasteiger partial charge on any atom is 0.350 e. The lowest BCUT2D eigenvalue weighted by Gasteiger charge is -2.21. The number of hydrogen-bond acceptors (Lipinski definition) is 5. The number of rotatable bonds is 7. The van der Waals surface area contributed by atoms with Crippen molar-refractivity contribution in [1.29, 1.82) is 0 Å². The van der Waals surface area contributed by atoms with Gasteiger partial charge in [-0.1, -0.05) is 30.3 Å². The van der Waals surface area contributed by atoms with Gasteiger partial charge in [-0.15, -0.1) is 11.3 Å². The van der Waals surface area contributed by atoms with Gasteiger partial charge in [0, 0.05) is 19.0 Å². The van der Waals surface area contributed by atoms with E-state index in [1.54, 1.807) is 14.0 Å². The van der Waals surface area contributed by atoms with Gasteiger partial charge >= 0.3 is 5.97 Å². The second-order valence-electron chi connectivity index (χ2n) is 7.13. The predicted molar refractivity (Wildman–Crippen MR) is 113 cm³/mol. The molecule has 1 unspecified atom stereocenters. The molecule has 150 valence electrons. The number of thiazole rings is 1. The maximum absolute atomic E-state index is 12.0. The highest BCUT2D eigenvalue weighted by molar-refractivity contribution is 7.13. The fraction of sp³-hybridized carbons (Fsp3) is 0.476. The average Bonchev–Trinajstić information content (AvgIpc) is 3.40. The van der Waals surface area contributed by atoms with Crippen LogP contribution in [0, 0.1) is 6.92 Å². The Morgan fingerprint density at radius 2 is 2.07 bits per heavy atom. The van der Waals surface area contributed by atoms with Crippen LogP contribution in [0.25, 0.3) is 0 Å². The molecule has 28 heavy (non-hydrogen) atoms. The zero-order chi connectivity index (χ0) is 20.1. The second kappa shape index (κ2) is 8.73. The van der Waals surface area contributed by atoms with Gasteiger partial charge in [-0.2, -0.15) is 0 Å². The molecule has 1 aromatic carbocycles. The zero-order valence-corrected chi connectivity index (χ0v) is 17.7. The molecule has 2 N–H and O–H groups in total. The summed E-state index contributed by atoms with van der Waals surface area (Å²) < 4.78 is 5.10. The molecule has 1 fully saturated rings. The van der Waals surface area contributed by atoms with E-state index in [2.05, 4.69) is 50.9 Å². The molecule has 0 aliphatic heterocycles. The van der Waals surface area contributed by atoms with Crippen LogP contribution in [-0.4, -0.2) is 37.1 Å². The Kier molecular flexibility index (Phi) is 6.34. The van der Waals surface area contributed by atoms with Crippen LogP contribution in [0.4, 0.5) is 0 Å². The minimum atomic E-state index is -0.308. The first-order chi connectivity index (χ1) is 13.5. The molecule has 0 spiro atoms. The first kappa shape index (κ1) is 20.3. The quantitative estimate of drug-likeness (QED) is 0.422. The molecule has 1 saturated carbocycles. The molecule has 0 saturated heterocycles. The largest absolute Gasteiger partial charge is 0.462 e. The van der Waals surface area contributed by atoms with Crippen molar-refractivity contribution in [1.82, 2.24) is 15.6 Å². The number of benzene rings is 1. The third-order valence-electron chi connectivity index (χ3n) is 5.06. The van der Waals surface area contributed by atoms with Crippen LogP contribution in [0.3, 0.4) is 0 Å². The van der Waals surface area contributed by atoms with Crippen molar-refractivity contribution in [2.45, 2.75) is 45.1 Å². The number of aryl methyl sites for hydroxylation is 1. The summed E-state index contributed by atoms with van der Waals surface area (Å²) in [6.45, 7) is 6.86. The number of nitrogens with one attached hydrogen (secondary N) is 2. The van der Waals surface area contributed by atoms with Crippen molar-refractivity contribution in [2.24, 2.45) is 4.99 Å². The van der Waals surface area contributed by atoms with Gasteiger partial charge in [0.1, 0.15) is 9.88 Å². The van der Waals surface area contributed by atoms with E-state index in [-0.39, 0.29) is 17.4 Å². The third kappa shape index (κ3) is 4.52. The van der Waals surface area contributed by atoms with Gasteiger partial charge in [0.25, 0.3) is 0 Å². The lowest BCUT2D eigenvalue weighted by atomic mass is 9.96. The van der Waals surface area contributed by atoms with E-state index in [1.165, 1.54) is 29.7 Å². The molecule has 1 atom stereocenters. The van der Waals surface area contributed by atoms with E-state index >= 15 is 0 Å². The average molecular weight is 401 g/mol. The Morgan fingerprint density at radius 3 is 2.68 bits per heavy atom. The molecule has 2 aromatic rings. The minimum absolute atomic E-state index is 0.0649. The topological polar surface area (TPSA) is 75.6 Å². The van der Waals surface area contributed by atoms with E-state index in [4.69, 9.17) is 4.74 Å². The summed E-state index contributed by atoms with van der Waals surface area (Å²) in [7, 11) is 1.77.